The highest BCUT2D eigenvalue weighted by molar-refractivity contribution is 6.30. The Balaban J connectivity index is 1.44. The highest BCUT2D eigenvalue weighted by Gasteiger charge is 2.35. The second kappa shape index (κ2) is 8.51. The van der Waals surface area contributed by atoms with Crippen LogP contribution in [0.5, 0.6) is 0 Å². The molecule has 5 nitrogen and oxygen atoms in total. The normalized spacial score (nSPS) is 26.5. The van der Waals surface area contributed by atoms with Crippen LogP contribution >= 0.6 is 11.6 Å². The van der Waals surface area contributed by atoms with Crippen LogP contribution in [0.4, 0.5) is 0 Å². The molecule has 0 bridgehead atoms. The fourth-order valence-electron chi connectivity index (χ4n) is 4.22. The lowest BCUT2D eigenvalue weighted by molar-refractivity contribution is -0.138. The lowest BCUT2D eigenvalue weighted by Crippen LogP contribution is -2.44. The molecule has 1 saturated heterocycles. The first-order valence-corrected chi connectivity index (χ1v) is 9.94. The Morgan fingerprint density at radius 2 is 1.88 bits per heavy atom. The average Bonchev–Trinajstić information content (AvgIpc) is 2.97. The summed E-state index contributed by atoms with van der Waals surface area (Å²) in [6, 6.07) is 8.56. The molecule has 2 aliphatic rings. The molecular formula is C20H28ClN3O2. The lowest BCUT2D eigenvalue weighted by atomic mass is 9.68. The van der Waals surface area contributed by atoms with Crippen LogP contribution in [-0.2, 0) is 15.0 Å². The number of nitrogens with one attached hydrogen (secondary N) is 1. The average molecular weight is 378 g/mol. The molecule has 3 N–H and O–H groups in total. The molecule has 3 rings (SSSR count). The third-order valence-corrected chi connectivity index (χ3v) is 6.15. The standard InChI is InChI=1S/C20H28ClN3O2/c21-16-4-1-3-15(13-16)20(14-22)9-7-17(8-10-20)23-11-2-12-24-18(25)5-6-19(24)26/h1,3-4,13,17,23H,2,5-12,14,22H2/t17-,20+. The number of rotatable bonds is 7. The quantitative estimate of drug-likeness (QED) is 0.565. The Bertz CT molecular complexity index is 640. The number of hydrogen-bond donors (Lipinski definition) is 2. The Morgan fingerprint density at radius 3 is 2.50 bits per heavy atom. The lowest BCUT2D eigenvalue weighted by Gasteiger charge is -2.40. The summed E-state index contributed by atoms with van der Waals surface area (Å²) in [6.07, 6.45) is 5.80. The van der Waals surface area contributed by atoms with Crippen LogP contribution in [0.1, 0.15) is 50.5 Å². The van der Waals surface area contributed by atoms with E-state index in [1.165, 1.54) is 10.5 Å². The second-order valence-electron chi connectivity index (χ2n) is 7.52. The van der Waals surface area contributed by atoms with Crippen LogP contribution < -0.4 is 11.1 Å². The van der Waals surface area contributed by atoms with Crippen LogP contribution in [0.3, 0.4) is 0 Å². The first-order chi connectivity index (χ1) is 12.5. The van der Waals surface area contributed by atoms with Gasteiger partial charge in [0.15, 0.2) is 0 Å². The maximum atomic E-state index is 11.6. The number of imide groups is 1. The molecule has 2 fully saturated rings. The van der Waals surface area contributed by atoms with Crippen molar-refractivity contribution in [1.82, 2.24) is 10.2 Å². The van der Waals surface area contributed by atoms with Gasteiger partial charge in [0.1, 0.15) is 0 Å². The first-order valence-electron chi connectivity index (χ1n) is 9.57. The maximum Gasteiger partial charge on any atom is 0.229 e. The molecule has 26 heavy (non-hydrogen) atoms. The fraction of sp³-hybridized carbons (Fsp3) is 0.600. The van der Waals surface area contributed by atoms with E-state index in [1.54, 1.807) is 0 Å². The summed E-state index contributed by atoms with van der Waals surface area (Å²) in [5.41, 5.74) is 7.42. The number of carbonyl (C=O) groups is 2. The molecule has 6 heteroatoms. The summed E-state index contributed by atoms with van der Waals surface area (Å²) in [5, 5.41) is 4.35. The summed E-state index contributed by atoms with van der Waals surface area (Å²) >= 11 is 6.17. The summed E-state index contributed by atoms with van der Waals surface area (Å²) in [7, 11) is 0. The number of amides is 2. The summed E-state index contributed by atoms with van der Waals surface area (Å²) < 4.78 is 0. The number of benzene rings is 1. The summed E-state index contributed by atoms with van der Waals surface area (Å²) in [4.78, 5) is 24.6. The zero-order valence-corrected chi connectivity index (χ0v) is 15.9. The predicted octanol–water partition coefficient (Wildman–Crippen LogP) is 2.61. The monoisotopic (exact) mass is 377 g/mol. The highest BCUT2D eigenvalue weighted by Crippen LogP contribution is 2.39. The molecule has 0 aromatic heterocycles. The van der Waals surface area contributed by atoms with E-state index in [0.717, 1.165) is 43.7 Å². The summed E-state index contributed by atoms with van der Waals surface area (Å²) in [6.45, 7) is 2.00. The predicted molar refractivity (Wildman–Crippen MR) is 103 cm³/mol. The molecule has 2 amide bonds. The van der Waals surface area contributed by atoms with Crippen LogP contribution in [-0.4, -0.2) is 42.4 Å². The van der Waals surface area contributed by atoms with E-state index in [9.17, 15) is 9.59 Å². The van der Waals surface area contributed by atoms with Gasteiger partial charge in [-0.15, -0.1) is 0 Å². The first kappa shape index (κ1) is 19.3. The topological polar surface area (TPSA) is 75.4 Å². The number of hydrogen-bond acceptors (Lipinski definition) is 4. The third kappa shape index (κ3) is 4.27. The molecule has 142 valence electrons. The van der Waals surface area contributed by atoms with Gasteiger partial charge in [0, 0.05) is 42.4 Å². The molecule has 1 heterocycles. The molecular weight excluding hydrogens is 350 g/mol. The van der Waals surface area contributed by atoms with Crippen molar-refractivity contribution >= 4 is 23.4 Å². The van der Waals surface area contributed by atoms with Crippen molar-refractivity contribution in [3.05, 3.63) is 34.9 Å². The maximum absolute atomic E-state index is 11.6. The van der Waals surface area contributed by atoms with Crippen molar-refractivity contribution in [1.29, 1.82) is 0 Å². The smallest absolute Gasteiger partial charge is 0.229 e. The van der Waals surface area contributed by atoms with Crippen molar-refractivity contribution in [3.8, 4) is 0 Å². The van der Waals surface area contributed by atoms with Crippen LogP contribution in [0.2, 0.25) is 5.02 Å². The van der Waals surface area contributed by atoms with Crippen molar-refractivity contribution in [2.45, 2.75) is 56.4 Å². The van der Waals surface area contributed by atoms with Gasteiger partial charge in [0.25, 0.3) is 0 Å². The molecule has 0 atom stereocenters. The molecule has 0 unspecified atom stereocenters. The highest BCUT2D eigenvalue weighted by atomic mass is 35.5. The number of halogens is 1. The zero-order valence-electron chi connectivity index (χ0n) is 15.2. The number of nitrogens with two attached hydrogens (primary N) is 1. The second-order valence-corrected chi connectivity index (χ2v) is 7.95. The van der Waals surface area contributed by atoms with Crippen molar-refractivity contribution in [3.63, 3.8) is 0 Å². The van der Waals surface area contributed by atoms with Crippen LogP contribution in [0, 0.1) is 0 Å². The van der Waals surface area contributed by atoms with Crippen molar-refractivity contribution in [2.75, 3.05) is 19.6 Å². The Labute approximate surface area is 160 Å². The minimum Gasteiger partial charge on any atom is -0.330 e. The van der Waals surface area contributed by atoms with E-state index in [1.807, 2.05) is 18.2 Å². The summed E-state index contributed by atoms with van der Waals surface area (Å²) in [5.74, 6) is -0.0520. The van der Waals surface area contributed by atoms with Crippen LogP contribution in [0.25, 0.3) is 0 Å². The van der Waals surface area contributed by atoms with Gasteiger partial charge >= 0.3 is 0 Å². The van der Waals surface area contributed by atoms with Gasteiger partial charge in [-0.1, -0.05) is 23.7 Å². The van der Waals surface area contributed by atoms with Gasteiger partial charge < -0.3 is 11.1 Å². The third-order valence-electron chi connectivity index (χ3n) is 5.92. The van der Waals surface area contributed by atoms with Gasteiger partial charge in [0.05, 0.1) is 0 Å². The van der Waals surface area contributed by atoms with Crippen LogP contribution in [0.15, 0.2) is 24.3 Å². The minimum absolute atomic E-state index is 0.0253. The molecule has 1 saturated carbocycles. The molecule has 1 aromatic carbocycles. The van der Waals surface area contributed by atoms with E-state index in [4.69, 9.17) is 17.3 Å². The van der Waals surface area contributed by atoms with Crippen molar-refractivity contribution < 1.29 is 9.59 Å². The zero-order chi connectivity index (χ0) is 18.6. The van der Waals surface area contributed by atoms with E-state index in [0.29, 0.717) is 32.0 Å². The van der Waals surface area contributed by atoms with E-state index in [2.05, 4.69) is 11.4 Å². The van der Waals surface area contributed by atoms with Gasteiger partial charge in [-0.3, -0.25) is 14.5 Å². The van der Waals surface area contributed by atoms with Crippen molar-refractivity contribution in [2.24, 2.45) is 5.73 Å². The number of nitrogens with zero attached hydrogens (tertiary/aromatic N) is 1. The van der Waals surface area contributed by atoms with Gasteiger partial charge in [-0.05, 0) is 56.3 Å². The molecule has 0 radical (unpaired) electrons. The number of carbonyl (C=O) groups excluding carboxylic acids is 2. The largest absolute Gasteiger partial charge is 0.330 e. The number of likely N-dealkylation sites (tertiary alicyclic amines) is 1. The van der Waals surface area contributed by atoms with E-state index < -0.39 is 0 Å². The van der Waals surface area contributed by atoms with Gasteiger partial charge in [-0.25, -0.2) is 0 Å². The Kier molecular flexibility index (Phi) is 6.33. The fourth-order valence-corrected chi connectivity index (χ4v) is 4.41. The SMILES string of the molecule is NC[C@]1(c2cccc(Cl)c2)CC[C@@H](NCCCN2C(=O)CCC2=O)CC1. The molecule has 1 aliphatic carbocycles. The molecule has 0 spiro atoms. The minimum atomic E-state index is -0.0260. The van der Waals surface area contributed by atoms with Gasteiger partial charge in [0.2, 0.25) is 11.8 Å². The Morgan fingerprint density at radius 1 is 1.19 bits per heavy atom. The Hall–Kier alpha value is -1.43. The molecule has 1 aliphatic heterocycles. The van der Waals surface area contributed by atoms with Gasteiger partial charge in [-0.2, -0.15) is 0 Å². The molecule has 1 aromatic rings. The van der Waals surface area contributed by atoms with E-state index in [-0.39, 0.29) is 17.2 Å². The van der Waals surface area contributed by atoms with E-state index >= 15 is 0 Å².